The summed E-state index contributed by atoms with van der Waals surface area (Å²) in [6.45, 7) is 4.66. The van der Waals surface area contributed by atoms with Crippen LogP contribution < -0.4 is 9.47 Å². The van der Waals surface area contributed by atoms with Gasteiger partial charge in [-0.2, -0.15) is 0 Å². The maximum atomic E-state index is 12.6. The van der Waals surface area contributed by atoms with Crippen molar-refractivity contribution in [3.05, 3.63) is 66.4 Å². The minimum Gasteiger partial charge on any atom is -0.488 e. The van der Waals surface area contributed by atoms with E-state index >= 15 is 0 Å². The van der Waals surface area contributed by atoms with Crippen molar-refractivity contribution in [1.82, 2.24) is 9.88 Å². The van der Waals surface area contributed by atoms with Crippen molar-refractivity contribution in [2.24, 2.45) is 0 Å². The topological polar surface area (TPSA) is 60.9 Å². The number of fused-ring (bicyclic) bond motifs is 1. The number of ether oxygens (including phenoxy) is 3. The number of aromatic nitrogens is 1. The summed E-state index contributed by atoms with van der Waals surface area (Å²) in [4.78, 5) is 19.2. The van der Waals surface area contributed by atoms with Crippen LogP contribution in [-0.2, 0) is 4.74 Å². The van der Waals surface area contributed by atoms with Gasteiger partial charge in [0.25, 0.3) is 0 Å². The Balaban J connectivity index is 1.41. The first-order chi connectivity index (χ1) is 13.8. The summed E-state index contributed by atoms with van der Waals surface area (Å²) in [5.41, 5.74) is 1.24. The van der Waals surface area contributed by atoms with E-state index in [9.17, 15) is 4.79 Å². The van der Waals surface area contributed by atoms with Crippen molar-refractivity contribution in [1.29, 1.82) is 0 Å². The van der Waals surface area contributed by atoms with Crippen molar-refractivity contribution in [3.8, 4) is 11.5 Å². The molecule has 0 radical (unpaired) electrons. The van der Waals surface area contributed by atoms with Gasteiger partial charge in [-0.05, 0) is 24.3 Å². The molecule has 0 unspecified atom stereocenters. The lowest BCUT2D eigenvalue weighted by molar-refractivity contribution is 0.0320. The molecule has 4 rings (SSSR count). The highest BCUT2D eigenvalue weighted by atomic mass is 16.6. The zero-order valence-electron chi connectivity index (χ0n) is 15.5. The number of pyridine rings is 1. The molecule has 1 aliphatic heterocycles. The normalized spacial score (nSPS) is 14.7. The third-order valence-electron chi connectivity index (χ3n) is 4.65. The van der Waals surface area contributed by atoms with Crippen LogP contribution in [0.25, 0.3) is 10.9 Å². The van der Waals surface area contributed by atoms with Crippen LogP contribution in [-0.4, -0.2) is 55.3 Å². The molecule has 1 aromatic heterocycles. The Labute approximate surface area is 163 Å². The Morgan fingerprint density at radius 1 is 1.04 bits per heavy atom. The lowest BCUT2D eigenvalue weighted by atomic mass is 10.1. The predicted octanol–water partition coefficient (Wildman–Crippen LogP) is 3.17. The van der Waals surface area contributed by atoms with Gasteiger partial charge in [-0.15, -0.1) is 0 Å². The number of nitrogens with zero attached hydrogens (tertiary/aromatic N) is 2. The molecular formula is C22H22N2O4. The van der Waals surface area contributed by atoms with E-state index in [0.717, 1.165) is 43.8 Å². The van der Waals surface area contributed by atoms with Gasteiger partial charge in [0, 0.05) is 31.2 Å². The first-order valence-electron chi connectivity index (χ1n) is 9.38. The first-order valence-corrected chi connectivity index (χ1v) is 9.38. The van der Waals surface area contributed by atoms with E-state index in [-0.39, 0.29) is 0 Å². The summed E-state index contributed by atoms with van der Waals surface area (Å²) in [7, 11) is 0. The van der Waals surface area contributed by atoms with Crippen LogP contribution in [0, 0.1) is 0 Å². The molecule has 1 fully saturated rings. The number of hydrogen-bond donors (Lipinski definition) is 0. The van der Waals surface area contributed by atoms with E-state index in [1.807, 2.05) is 36.4 Å². The van der Waals surface area contributed by atoms with Gasteiger partial charge in [0.05, 0.1) is 24.3 Å². The number of rotatable bonds is 6. The third-order valence-corrected chi connectivity index (χ3v) is 4.65. The average molecular weight is 378 g/mol. The Morgan fingerprint density at radius 2 is 1.79 bits per heavy atom. The van der Waals surface area contributed by atoms with Gasteiger partial charge in [0.15, 0.2) is 11.5 Å². The van der Waals surface area contributed by atoms with E-state index in [1.54, 1.807) is 18.2 Å². The zero-order valence-corrected chi connectivity index (χ0v) is 15.5. The molecule has 0 atom stereocenters. The van der Waals surface area contributed by atoms with Gasteiger partial charge in [-0.1, -0.05) is 30.3 Å². The SMILES string of the molecule is O=C(Oc1ccccc1OCCN1CCOCC1)c1cnc2ccccc2c1. The van der Waals surface area contributed by atoms with E-state index in [2.05, 4.69) is 9.88 Å². The highest BCUT2D eigenvalue weighted by molar-refractivity contribution is 5.95. The molecule has 6 heteroatoms. The molecule has 1 aliphatic rings. The number of esters is 1. The van der Waals surface area contributed by atoms with Crippen LogP contribution >= 0.6 is 0 Å². The van der Waals surface area contributed by atoms with Crippen LogP contribution in [0.4, 0.5) is 0 Å². The minimum absolute atomic E-state index is 0.404. The number of para-hydroxylation sites is 3. The van der Waals surface area contributed by atoms with Crippen LogP contribution in [0.1, 0.15) is 10.4 Å². The van der Waals surface area contributed by atoms with E-state index < -0.39 is 5.97 Å². The summed E-state index contributed by atoms with van der Waals surface area (Å²) >= 11 is 0. The van der Waals surface area contributed by atoms with Gasteiger partial charge >= 0.3 is 5.97 Å². The molecule has 0 saturated carbocycles. The minimum atomic E-state index is -0.456. The highest BCUT2D eigenvalue weighted by Gasteiger charge is 2.14. The molecule has 3 aromatic rings. The van der Waals surface area contributed by atoms with Crippen molar-refractivity contribution in [3.63, 3.8) is 0 Å². The summed E-state index contributed by atoms with van der Waals surface area (Å²) in [5, 5.41) is 0.895. The van der Waals surface area contributed by atoms with Crippen molar-refractivity contribution in [2.45, 2.75) is 0 Å². The second-order valence-electron chi connectivity index (χ2n) is 6.56. The summed E-state index contributed by atoms with van der Waals surface area (Å²) in [5.74, 6) is 0.503. The van der Waals surface area contributed by atoms with Crippen LogP contribution in [0.2, 0.25) is 0 Å². The molecule has 0 aliphatic carbocycles. The lowest BCUT2D eigenvalue weighted by Gasteiger charge is -2.26. The van der Waals surface area contributed by atoms with Crippen molar-refractivity contribution in [2.75, 3.05) is 39.5 Å². The maximum Gasteiger partial charge on any atom is 0.345 e. The Bertz CT molecular complexity index is 954. The van der Waals surface area contributed by atoms with Gasteiger partial charge in [0.2, 0.25) is 0 Å². The van der Waals surface area contributed by atoms with Crippen LogP contribution in [0.3, 0.4) is 0 Å². The summed E-state index contributed by atoms with van der Waals surface area (Å²) in [6, 6.07) is 16.6. The molecule has 0 spiro atoms. The fourth-order valence-corrected chi connectivity index (χ4v) is 3.10. The standard InChI is InChI=1S/C22H22N2O4/c25-22(18-15-17-5-1-2-6-19(17)23-16-18)28-21-8-4-3-7-20(21)27-14-11-24-9-12-26-13-10-24/h1-8,15-16H,9-14H2. The quantitative estimate of drug-likeness (QED) is 0.485. The fraction of sp³-hybridized carbons (Fsp3) is 0.273. The number of morpholine rings is 1. The molecule has 1 saturated heterocycles. The largest absolute Gasteiger partial charge is 0.488 e. The number of carbonyl (C=O) groups is 1. The lowest BCUT2D eigenvalue weighted by Crippen LogP contribution is -2.38. The number of hydrogen-bond acceptors (Lipinski definition) is 6. The van der Waals surface area contributed by atoms with E-state index in [1.165, 1.54) is 6.20 Å². The molecule has 6 nitrogen and oxygen atoms in total. The van der Waals surface area contributed by atoms with Gasteiger partial charge in [0.1, 0.15) is 6.61 Å². The van der Waals surface area contributed by atoms with Gasteiger partial charge in [-0.25, -0.2) is 4.79 Å². The molecule has 0 amide bonds. The highest BCUT2D eigenvalue weighted by Crippen LogP contribution is 2.27. The average Bonchev–Trinajstić information content (AvgIpc) is 2.75. The van der Waals surface area contributed by atoms with Gasteiger partial charge in [-0.3, -0.25) is 9.88 Å². The first kappa shape index (κ1) is 18.4. The molecule has 2 heterocycles. The molecule has 0 bridgehead atoms. The molecular weight excluding hydrogens is 356 g/mol. The zero-order chi connectivity index (χ0) is 19.2. The predicted molar refractivity (Wildman–Crippen MR) is 106 cm³/mol. The number of carbonyl (C=O) groups excluding carboxylic acids is 1. The Hall–Kier alpha value is -2.96. The monoisotopic (exact) mass is 378 g/mol. The van der Waals surface area contributed by atoms with Gasteiger partial charge < -0.3 is 14.2 Å². The molecule has 28 heavy (non-hydrogen) atoms. The summed E-state index contributed by atoms with van der Waals surface area (Å²) in [6.07, 6.45) is 1.53. The van der Waals surface area contributed by atoms with Crippen LogP contribution in [0.15, 0.2) is 60.8 Å². The van der Waals surface area contributed by atoms with Crippen molar-refractivity contribution >= 4 is 16.9 Å². The Morgan fingerprint density at radius 3 is 2.64 bits per heavy atom. The summed E-state index contributed by atoms with van der Waals surface area (Å²) < 4.78 is 16.8. The van der Waals surface area contributed by atoms with E-state index in [0.29, 0.717) is 23.7 Å². The Kier molecular flexibility index (Phi) is 5.80. The van der Waals surface area contributed by atoms with Crippen molar-refractivity contribution < 1.29 is 19.0 Å². The smallest absolute Gasteiger partial charge is 0.345 e. The second-order valence-corrected chi connectivity index (χ2v) is 6.56. The third kappa shape index (κ3) is 4.47. The second kappa shape index (κ2) is 8.82. The number of benzene rings is 2. The molecule has 144 valence electrons. The molecule has 2 aromatic carbocycles. The maximum absolute atomic E-state index is 12.6. The fourth-order valence-electron chi connectivity index (χ4n) is 3.10. The van der Waals surface area contributed by atoms with Crippen LogP contribution in [0.5, 0.6) is 11.5 Å². The van der Waals surface area contributed by atoms with E-state index in [4.69, 9.17) is 14.2 Å². The molecule has 0 N–H and O–H groups in total.